The Morgan fingerprint density at radius 2 is 2.20 bits per heavy atom. The van der Waals surface area contributed by atoms with Crippen molar-refractivity contribution in [3.63, 3.8) is 0 Å². The fraction of sp³-hybridized carbons (Fsp3) is 0.333. The van der Waals surface area contributed by atoms with Crippen LogP contribution < -0.4 is 5.73 Å². The van der Waals surface area contributed by atoms with Gasteiger partial charge in [0.05, 0.1) is 17.6 Å². The largest absolute Gasteiger partial charge is 0.396 e. The van der Waals surface area contributed by atoms with Gasteiger partial charge in [-0.25, -0.2) is 15.0 Å². The van der Waals surface area contributed by atoms with Gasteiger partial charge in [-0.1, -0.05) is 13.8 Å². The van der Waals surface area contributed by atoms with E-state index < -0.39 is 0 Å². The maximum absolute atomic E-state index is 5.77. The Hall–Kier alpha value is -1.98. The van der Waals surface area contributed by atoms with Gasteiger partial charge in [-0.05, 0) is 5.92 Å². The lowest BCUT2D eigenvalue weighted by Crippen LogP contribution is -2.08. The Bertz CT molecular complexity index is 448. The van der Waals surface area contributed by atoms with Gasteiger partial charge in [0.2, 0.25) is 0 Å². The Labute approximate surface area is 87.2 Å². The molecular formula is C9H12N6. The molecule has 0 aliphatic heterocycles. The van der Waals surface area contributed by atoms with Crippen LogP contribution in [0.1, 0.15) is 25.5 Å². The summed E-state index contributed by atoms with van der Waals surface area (Å²) in [6, 6.07) is 0. The fourth-order valence-corrected chi connectivity index (χ4v) is 1.28. The second-order valence-electron chi connectivity index (χ2n) is 3.51. The molecule has 0 aromatic carbocycles. The molecule has 0 radical (unpaired) electrons. The topological polar surface area (TPSA) is 82.5 Å². The highest BCUT2D eigenvalue weighted by Gasteiger charge is 2.09. The van der Waals surface area contributed by atoms with E-state index >= 15 is 0 Å². The van der Waals surface area contributed by atoms with Crippen molar-refractivity contribution in [1.82, 2.24) is 24.7 Å². The molecule has 6 nitrogen and oxygen atoms in total. The molecule has 2 N–H and O–H groups in total. The maximum atomic E-state index is 5.77. The molecule has 0 atom stereocenters. The molecule has 15 heavy (non-hydrogen) atoms. The van der Waals surface area contributed by atoms with Gasteiger partial charge in [-0.3, -0.25) is 0 Å². The van der Waals surface area contributed by atoms with Gasteiger partial charge < -0.3 is 5.73 Å². The summed E-state index contributed by atoms with van der Waals surface area (Å²) in [6.45, 7) is 4.06. The van der Waals surface area contributed by atoms with Gasteiger partial charge >= 0.3 is 0 Å². The van der Waals surface area contributed by atoms with Crippen molar-refractivity contribution in [2.75, 3.05) is 5.73 Å². The highest BCUT2D eigenvalue weighted by atomic mass is 15.4. The van der Waals surface area contributed by atoms with Crippen LogP contribution in [0.2, 0.25) is 0 Å². The third-order valence-electron chi connectivity index (χ3n) is 2.01. The van der Waals surface area contributed by atoms with Crippen LogP contribution in [0.15, 0.2) is 18.9 Å². The van der Waals surface area contributed by atoms with Gasteiger partial charge in [0, 0.05) is 0 Å². The summed E-state index contributed by atoms with van der Waals surface area (Å²) in [5, 5.41) is 3.96. The molecule has 0 spiro atoms. The zero-order valence-electron chi connectivity index (χ0n) is 8.62. The predicted octanol–water partition coefficient (Wildman–Crippen LogP) is 0.763. The number of nitrogens with zero attached hydrogens (tertiary/aromatic N) is 5. The summed E-state index contributed by atoms with van der Waals surface area (Å²) < 4.78 is 1.51. The van der Waals surface area contributed by atoms with E-state index in [4.69, 9.17) is 5.73 Å². The van der Waals surface area contributed by atoms with Crippen LogP contribution in [0.4, 0.5) is 5.69 Å². The number of nitrogen functional groups attached to an aromatic ring is 1. The Balaban J connectivity index is 2.48. The number of hydrogen-bond acceptors (Lipinski definition) is 5. The van der Waals surface area contributed by atoms with E-state index in [1.54, 1.807) is 12.5 Å². The first-order valence-electron chi connectivity index (χ1n) is 4.66. The molecule has 2 heterocycles. The Kier molecular flexibility index (Phi) is 2.32. The summed E-state index contributed by atoms with van der Waals surface area (Å²) in [6.07, 6.45) is 4.59. The second-order valence-corrected chi connectivity index (χ2v) is 3.51. The molecule has 0 aliphatic carbocycles. The lowest BCUT2D eigenvalue weighted by molar-refractivity contribution is 0.759. The van der Waals surface area contributed by atoms with E-state index in [1.807, 2.05) is 13.8 Å². The van der Waals surface area contributed by atoms with Crippen LogP contribution >= 0.6 is 0 Å². The zero-order chi connectivity index (χ0) is 10.8. The van der Waals surface area contributed by atoms with Gasteiger partial charge in [0.1, 0.15) is 12.7 Å². The van der Waals surface area contributed by atoms with E-state index in [0.29, 0.717) is 11.6 Å². The van der Waals surface area contributed by atoms with Gasteiger partial charge in [-0.15, -0.1) is 0 Å². The van der Waals surface area contributed by atoms with E-state index in [-0.39, 0.29) is 5.92 Å². The van der Waals surface area contributed by atoms with E-state index in [1.165, 1.54) is 11.0 Å². The molecule has 0 saturated carbocycles. The Morgan fingerprint density at radius 1 is 1.40 bits per heavy atom. The summed E-state index contributed by atoms with van der Waals surface area (Å²) in [4.78, 5) is 12.3. The zero-order valence-corrected chi connectivity index (χ0v) is 8.62. The van der Waals surface area contributed by atoms with Crippen molar-refractivity contribution in [1.29, 1.82) is 0 Å². The van der Waals surface area contributed by atoms with Gasteiger partial charge in [-0.2, -0.15) is 9.78 Å². The molecule has 78 valence electrons. The van der Waals surface area contributed by atoms with Crippen molar-refractivity contribution < 1.29 is 0 Å². The number of hydrogen-bond donors (Lipinski definition) is 1. The van der Waals surface area contributed by atoms with Crippen LogP contribution in [0.5, 0.6) is 0 Å². The van der Waals surface area contributed by atoms with Crippen molar-refractivity contribution >= 4 is 5.69 Å². The highest BCUT2D eigenvalue weighted by molar-refractivity contribution is 5.43. The first-order valence-corrected chi connectivity index (χ1v) is 4.66. The minimum absolute atomic E-state index is 0.260. The van der Waals surface area contributed by atoms with Gasteiger partial charge in [0.15, 0.2) is 0 Å². The van der Waals surface area contributed by atoms with Crippen LogP contribution in [0, 0.1) is 0 Å². The Morgan fingerprint density at radius 3 is 2.80 bits per heavy atom. The first-order chi connectivity index (χ1) is 7.18. The summed E-state index contributed by atoms with van der Waals surface area (Å²) in [7, 11) is 0. The molecular weight excluding hydrogens is 192 g/mol. The van der Waals surface area contributed by atoms with Crippen LogP contribution in [0.3, 0.4) is 0 Å². The van der Waals surface area contributed by atoms with Crippen LogP contribution in [0.25, 0.3) is 5.95 Å². The molecule has 0 saturated heterocycles. The normalized spacial score (nSPS) is 10.9. The average molecular weight is 204 g/mol. The third-order valence-corrected chi connectivity index (χ3v) is 2.01. The quantitative estimate of drug-likeness (QED) is 0.781. The van der Waals surface area contributed by atoms with Crippen molar-refractivity contribution in [2.45, 2.75) is 19.8 Å². The molecule has 0 bridgehead atoms. The van der Waals surface area contributed by atoms with E-state index in [0.717, 1.165) is 5.69 Å². The number of rotatable bonds is 2. The fourth-order valence-electron chi connectivity index (χ4n) is 1.28. The predicted molar refractivity (Wildman–Crippen MR) is 55.5 cm³/mol. The van der Waals surface area contributed by atoms with Gasteiger partial charge in [0.25, 0.3) is 5.95 Å². The summed E-state index contributed by atoms with van der Waals surface area (Å²) in [5.74, 6) is 0.751. The molecule has 2 aromatic rings. The van der Waals surface area contributed by atoms with Crippen LogP contribution in [-0.2, 0) is 0 Å². The third kappa shape index (κ3) is 1.78. The first kappa shape index (κ1) is 9.57. The maximum Gasteiger partial charge on any atom is 0.252 e. The smallest absolute Gasteiger partial charge is 0.252 e. The molecule has 0 amide bonds. The summed E-state index contributed by atoms with van der Waals surface area (Å²) >= 11 is 0. The minimum atomic E-state index is 0.260. The SMILES string of the molecule is CC(C)c1nc(-n2cncn2)ncc1N. The number of nitrogens with two attached hydrogens (primary N) is 1. The molecule has 6 heteroatoms. The molecule has 0 fully saturated rings. The van der Waals surface area contributed by atoms with Crippen LogP contribution in [-0.4, -0.2) is 24.7 Å². The van der Waals surface area contributed by atoms with Crippen molar-refractivity contribution in [2.24, 2.45) is 0 Å². The summed E-state index contributed by atoms with van der Waals surface area (Å²) in [5.41, 5.74) is 7.21. The molecule has 0 unspecified atom stereocenters. The highest BCUT2D eigenvalue weighted by Crippen LogP contribution is 2.18. The van der Waals surface area contributed by atoms with E-state index in [2.05, 4.69) is 20.1 Å². The second kappa shape index (κ2) is 3.64. The lowest BCUT2D eigenvalue weighted by Gasteiger charge is -2.08. The molecule has 0 aliphatic rings. The number of aromatic nitrogens is 5. The average Bonchev–Trinajstić information content (AvgIpc) is 2.71. The lowest BCUT2D eigenvalue weighted by atomic mass is 10.1. The standard InChI is InChI=1S/C9H12N6/c1-6(2)8-7(10)3-12-9(14-8)15-5-11-4-13-15/h3-6H,10H2,1-2H3. The van der Waals surface area contributed by atoms with Crippen molar-refractivity contribution in [3.05, 3.63) is 24.5 Å². The monoisotopic (exact) mass is 204 g/mol. The minimum Gasteiger partial charge on any atom is -0.396 e. The molecule has 2 rings (SSSR count). The van der Waals surface area contributed by atoms with E-state index in [9.17, 15) is 0 Å². The number of anilines is 1. The van der Waals surface area contributed by atoms with Crippen molar-refractivity contribution in [3.8, 4) is 5.95 Å². The molecule has 2 aromatic heterocycles.